The van der Waals surface area contributed by atoms with E-state index < -0.39 is 0 Å². The molecule has 1 amide bonds. The van der Waals surface area contributed by atoms with Crippen LogP contribution in [0.4, 0.5) is 0 Å². The van der Waals surface area contributed by atoms with Gasteiger partial charge in [0.05, 0.1) is 5.71 Å². The average Bonchev–Trinajstić information content (AvgIpc) is 3.06. The second-order valence-corrected chi connectivity index (χ2v) is 4.90. The first-order valence-corrected chi connectivity index (χ1v) is 7.13. The predicted molar refractivity (Wildman–Crippen MR) is 84.9 cm³/mol. The summed E-state index contributed by atoms with van der Waals surface area (Å²) < 4.78 is 15.9. The number of benzene rings is 2. The zero-order valence-corrected chi connectivity index (χ0v) is 12.6. The lowest BCUT2D eigenvalue weighted by atomic mass is 10.1. The Kier molecular flexibility index (Phi) is 4.42. The fraction of sp³-hybridized carbons (Fsp3) is 0.176. The molecule has 0 bridgehead atoms. The van der Waals surface area contributed by atoms with Crippen molar-refractivity contribution in [3.8, 4) is 17.2 Å². The molecule has 6 nitrogen and oxygen atoms in total. The van der Waals surface area contributed by atoms with Gasteiger partial charge in [-0.3, -0.25) is 4.79 Å². The molecule has 23 heavy (non-hydrogen) atoms. The van der Waals surface area contributed by atoms with Gasteiger partial charge in [0, 0.05) is 5.56 Å². The molecule has 0 saturated carbocycles. The molecule has 118 valence electrons. The quantitative estimate of drug-likeness (QED) is 0.679. The SMILES string of the molecule is C/C(=N\NC(=O)COc1ccccc1)c1ccc2c(c1)OCO2. The molecule has 1 aliphatic heterocycles. The molecule has 0 saturated heterocycles. The summed E-state index contributed by atoms with van der Waals surface area (Å²) in [6.45, 7) is 1.93. The third-order valence-corrected chi connectivity index (χ3v) is 3.25. The minimum atomic E-state index is -0.325. The fourth-order valence-corrected chi connectivity index (χ4v) is 2.03. The zero-order valence-electron chi connectivity index (χ0n) is 12.6. The Hall–Kier alpha value is -3.02. The smallest absolute Gasteiger partial charge is 0.277 e. The standard InChI is InChI=1S/C17H16N2O4/c1-12(13-7-8-15-16(9-13)23-11-22-15)18-19-17(20)10-21-14-5-3-2-4-6-14/h2-9H,10-11H2,1H3,(H,19,20)/b18-12+. The number of nitrogens with zero attached hydrogens (tertiary/aromatic N) is 1. The van der Waals surface area contributed by atoms with Crippen LogP contribution in [0.5, 0.6) is 17.2 Å². The van der Waals surface area contributed by atoms with Gasteiger partial charge in [-0.25, -0.2) is 5.43 Å². The van der Waals surface area contributed by atoms with Gasteiger partial charge >= 0.3 is 0 Å². The minimum absolute atomic E-state index is 0.0953. The van der Waals surface area contributed by atoms with E-state index in [1.54, 1.807) is 19.1 Å². The number of para-hydroxylation sites is 1. The van der Waals surface area contributed by atoms with Gasteiger partial charge in [0.2, 0.25) is 6.79 Å². The number of ether oxygens (including phenoxy) is 3. The summed E-state index contributed by atoms with van der Waals surface area (Å²) in [5.41, 5.74) is 3.98. The van der Waals surface area contributed by atoms with Crippen LogP contribution in [0.25, 0.3) is 0 Å². The highest BCUT2D eigenvalue weighted by atomic mass is 16.7. The lowest BCUT2D eigenvalue weighted by Gasteiger charge is -2.06. The van der Waals surface area contributed by atoms with Crippen molar-refractivity contribution in [2.45, 2.75) is 6.92 Å². The summed E-state index contributed by atoms with van der Waals surface area (Å²) in [5.74, 6) is 1.70. The van der Waals surface area contributed by atoms with Crippen molar-refractivity contribution < 1.29 is 19.0 Å². The second kappa shape index (κ2) is 6.83. The maximum Gasteiger partial charge on any atom is 0.277 e. The van der Waals surface area contributed by atoms with Crippen LogP contribution in [0, 0.1) is 0 Å². The first-order chi connectivity index (χ1) is 11.2. The third-order valence-electron chi connectivity index (χ3n) is 3.25. The highest BCUT2D eigenvalue weighted by molar-refractivity contribution is 5.99. The zero-order chi connectivity index (χ0) is 16.1. The molecule has 3 rings (SSSR count). The van der Waals surface area contributed by atoms with E-state index in [0.717, 1.165) is 5.56 Å². The molecule has 0 unspecified atom stereocenters. The summed E-state index contributed by atoms with van der Waals surface area (Å²) in [6, 6.07) is 14.6. The summed E-state index contributed by atoms with van der Waals surface area (Å²) in [4.78, 5) is 11.8. The van der Waals surface area contributed by atoms with Crippen LogP contribution in [-0.4, -0.2) is 25.0 Å². The van der Waals surface area contributed by atoms with Gasteiger partial charge in [-0.15, -0.1) is 0 Å². The monoisotopic (exact) mass is 312 g/mol. The van der Waals surface area contributed by atoms with Crippen LogP contribution >= 0.6 is 0 Å². The van der Waals surface area contributed by atoms with Crippen molar-refractivity contribution in [1.82, 2.24) is 5.43 Å². The molecule has 0 fully saturated rings. The summed E-state index contributed by atoms with van der Waals surface area (Å²) in [5, 5.41) is 4.07. The van der Waals surface area contributed by atoms with E-state index in [-0.39, 0.29) is 19.3 Å². The average molecular weight is 312 g/mol. The lowest BCUT2D eigenvalue weighted by Crippen LogP contribution is -2.25. The molecule has 6 heteroatoms. The molecule has 0 aliphatic carbocycles. The Bertz CT molecular complexity index is 729. The first kappa shape index (κ1) is 14.9. The Morgan fingerprint density at radius 1 is 1.17 bits per heavy atom. The van der Waals surface area contributed by atoms with E-state index in [9.17, 15) is 4.79 Å². The summed E-state index contributed by atoms with van der Waals surface area (Å²) >= 11 is 0. The number of fused-ring (bicyclic) bond motifs is 1. The number of hydrogen-bond acceptors (Lipinski definition) is 5. The Morgan fingerprint density at radius 2 is 1.96 bits per heavy atom. The number of hydrogen-bond donors (Lipinski definition) is 1. The van der Waals surface area contributed by atoms with Crippen molar-refractivity contribution >= 4 is 11.6 Å². The van der Waals surface area contributed by atoms with Crippen molar-refractivity contribution in [3.63, 3.8) is 0 Å². The minimum Gasteiger partial charge on any atom is -0.484 e. The highest BCUT2D eigenvalue weighted by Gasteiger charge is 2.14. The van der Waals surface area contributed by atoms with E-state index >= 15 is 0 Å². The van der Waals surface area contributed by atoms with Crippen LogP contribution in [0.15, 0.2) is 53.6 Å². The van der Waals surface area contributed by atoms with Crippen LogP contribution < -0.4 is 19.6 Å². The molecule has 0 aromatic heterocycles. The fourth-order valence-electron chi connectivity index (χ4n) is 2.03. The molecule has 0 radical (unpaired) electrons. The number of hydrazone groups is 1. The topological polar surface area (TPSA) is 69.2 Å². The molecule has 2 aromatic carbocycles. The van der Waals surface area contributed by atoms with Gasteiger partial charge in [-0.2, -0.15) is 5.10 Å². The van der Waals surface area contributed by atoms with E-state index in [2.05, 4.69) is 10.5 Å². The number of carbonyl (C=O) groups is 1. The van der Waals surface area contributed by atoms with E-state index in [4.69, 9.17) is 14.2 Å². The molecule has 0 atom stereocenters. The third kappa shape index (κ3) is 3.79. The molecule has 1 heterocycles. The van der Waals surface area contributed by atoms with E-state index in [1.165, 1.54) is 0 Å². The van der Waals surface area contributed by atoms with Gasteiger partial charge in [0.15, 0.2) is 18.1 Å². The van der Waals surface area contributed by atoms with Crippen molar-refractivity contribution in [2.24, 2.45) is 5.10 Å². The molecular formula is C17H16N2O4. The van der Waals surface area contributed by atoms with Gasteiger partial charge in [-0.05, 0) is 37.3 Å². The van der Waals surface area contributed by atoms with Gasteiger partial charge < -0.3 is 14.2 Å². The Labute approximate surface area is 133 Å². The van der Waals surface area contributed by atoms with E-state index in [0.29, 0.717) is 23.0 Å². The van der Waals surface area contributed by atoms with Crippen molar-refractivity contribution in [1.29, 1.82) is 0 Å². The Morgan fingerprint density at radius 3 is 2.78 bits per heavy atom. The molecular weight excluding hydrogens is 296 g/mol. The molecule has 1 N–H and O–H groups in total. The Balaban J connectivity index is 1.55. The van der Waals surface area contributed by atoms with Gasteiger partial charge in [0.1, 0.15) is 5.75 Å². The molecule has 2 aromatic rings. The van der Waals surface area contributed by atoms with Crippen LogP contribution in [-0.2, 0) is 4.79 Å². The normalized spacial score (nSPS) is 12.8. The van der Waals surface area contributed by atoms with Gasteiger partial charge in [0.25, 0.3) is 5.91 Å². The van der Waals surface area contributed by atoms with Crippen molar-refractivity contribution in [2.75, 3.05) is 13.4 Å². The van der Waals surface area contributed by atoms with Crippen LogP contribution in [0.3, 0.4) is 0 Å². The highest BCUT2D eigenvalue weighted by Crippen LogP contribution is 2.32. The van der Waals surface area contributed by atoms with E-state index in [1.807, 2.05) is 36.4 Å². The van der Waals surface area contributed by atoms with Crippen LogP contribution in [0.1, 0.15) is 12.5 Å². The predicted octanol–water partition coefficient (Wildman–Crippen LogP) is 2.33. The molecule has 1 aliphatic rings. The first-order valence-electron chi connectivity index (χ1n) is 7.13. The number of carbonyl (C=O) groups excluding carboxylic acids is 1. The van der Waals surface area contributed by atoms with Crippen LogP contribution in [0.2, 0.25) is 0 Å². The maximum absolute atomic E-state index is 11.8. The maximum atomic E-state index is 11.8. The second-order valence-electron chi connectivity index (χ2n) is 4.90. The van der Waals surface area contributed by atoms with Gasteiger partial charge in [-0.1, -0.05) is 18.2 Å². The number of rotatable bonds is 5. The lowest BCUT2D eigenvalue weighted by molar-refractivity contribution is -0.123. The number of nitrogens with one attached hydrogen (secondary N) is 1. The largest absolute Gasteiger partial charge is 0.484 e. The summed E-state index contributed by atoms with van der Waals surface area (Å²) in [7, 11) is 0. The number of amides is 1. The summed E-state index contributed by atoms with van der Waals surface area (Å²) in [6.07, 6.45) is 0. The van der Waals surface area contributed by atoms with Crippen molar-refractivity contribution in [3.05, 3.63) is 54.1 Å². The molecule has 0 spiro atoms.